The zero-order valence-electron chi connectivity index (χ0n) is 10.7. The quantitative estimate of drug-likeness (QED) is 0.715. The van der Waals surface area contributed by atoms with Crippen molar-refractivity contribution < 1.29 is 9.64 Å². The number of hydrogen-bond donors (Lipinski definition) is 2. The number of fused-ring (bicyclic) bond motifs is 3. The molecule has 4 heteroatoms. The molecule has 4 nitrogen and oxygen atoms in total. The molecule has 0 spiro atoms. The number of H-pyrrole nitrogens is 1. The van der Waals surface area contributed by atoms with E-state index < -0.39 is 0 Å². The van der Waals surface area contributed by atoms with Gasteiger partial charge in [0.15, 0.2) is 0 Å². The third-order valence-electron chi connectivity index (χ3n) is 3.20. The fraction of sp³-hybridized carbons (Fsp3) is 0.214. The average Bonchev–Trinajstić information content (AvgIpc) is 2.75. The van der Waals surface area contributed by atoms with Crippen molar-refractivity contribution in [2.75, 3.05) is 21.2 Å². The first-order valence-corrected chi connectivity index (χ1v) is 5.95. The number of hydrogen-bond acceptors (Lipinski definition) is 2. The lowest BCUT2D eigenvalue weighted by molar-refractivity contribution is -0.788. The van der Waals surface area contributed by atoms with Crippen LogP contribution in [0.15, 0.2) is 30.5 Å². The molecule has 0 atom stereocenters. The minimum atomic E-state index is 0.874. The van der Waals surface area contributed by atoms with E-state index in [1.165, 1.54) is 15.7 Å². The van der Waals surface area contributed by atoms with Gasteiger partial charge in [0.2, 0.25) is 5.82 Å². The van der Waals surface area contributed by atoms with E-state index >= 15 is 0 Å². The number of pyridine rings is 1. The van der Waals surface area contributed by atoms with Crippen LogP contribution in [0.5, 0.6) is 5.75 Å². The van der Waals surface area contributed by atoms with Gasteiger partial charge in [-0.3, -0.25) is 4.90 Å². The van der Waals surface area contributed by atoms with Gasteiger partial charge in [-0.15, -0.1) is 0 Å². The van der Waals surface area contributed by atoms with Crippen LogP contribution < -0.4 is 9.64 Å². The number of nitrogens with zero attached hydrogens (tertiary/aromatic N) is 1. The molecule has 2 N–H and O–H groups in total. The van der Waals surface area contributed by atoms with Gasteiger partial charge in [-0.25, -0.2) is 4.98 Å². The van der Waals surface area contributed by atoms with Crippen LogP contribution in [-0.2, 0) is 0 Å². The Bertz CT molecular complexity index is 715. The lowest BCUT2D eigenvalue weighted by atomic mass is 10.2. The molecule has 0 unspecified atom stereocenters. The summed E-state index contributed by atoms with van der Waals surface area (Å²) in [6, 6.07) is 8.11. The first-order chi connectivity index (χ1) is 8.70. The van der Waals surface area contributed by atoms with Gasteiger partial charge in [0.05, 0.1) is 21.2 Å². The monoisotopic (exact) mass is 242 g/mol. The summed E-state index contributed by atoms with van der Waals surface area (Å²) < 4.78 is 5.28. The molecule has 0 aliphatic rings. The smallest absolute Gasteiger partial charge is 0.250 e. The van der Waals surface area contributed by atoms with Crippen molar-refractivity contribution in [3.63, 3.8) is 0 Å². The van der Waals surface area contributed by atoms with E-state index in [-0.39, 0.29) is 0 Å². The molecule has 2 aromatic heterocycles. The molecule has 0 amide bonds. The molecule has 0 fully saturated rings. The van der Waals surface area contributed by atoms with Crippen LogP contribution in [0.4, 0.5) is 5.82 Å². The van der Waals surface area contributed by atoms with Crippen molar-refractivity contribution in [3.05, 3.63) is 30.5 Å². The molecule has 0 radical (unpaired) electrons. The van der Waals surface area contributed by atoms with E-state index in [4.69, 9.17) is 4.74 Å². The Morgan fingerprint density at radius 1 is 1.17 bits per heavy atom. The zero-order chi connectivity index (χ0) is 12.7. The molecular formula is C14H16N3O+. The van der Waals surface area contributed by atoms with Crippen LogP contribution in [0, 0.1) is 0 Å². The van der Waals surface area contributed by atoms with Gasteiger partial charge in [0.1, 0.15) is 11.3 Å². The van der Waals surface area contributed by atoms with Gasteiger partial charge in [-0.05, 0) is 24.3 Å². The van der Waals surface area contributed by atoms with E-state index in [0.29, 0.717) is 0 Å². The van der Waals surface area contributed by atoms with Crippen LogP contribution in [-0.4, -0.2) is 31.2 Å². The van der Waals surface area contributed by atoms with Crippen LogP contribution in [0.1, 0.15) is 0 Å². The van der Waals surface area contributed by atoms with Crippen molar-refractivity contribution in [2.45, 2.75) is 0 Å². The van der Waals surface area contributed by atoms with Crippen molar-refractivity contribution in [1.82, 2.24) is 9.97 Å². The molecular weight excluding hydrogens is 226 g/mol. The number of rotatable bonds is 2. The van der Waals surface area contributed by atoms with Gasteiger partial charge in [-0.2, -0.15) is 0 Å². The van der Waals surface area contributed by atoms with Gasteiger partial charge in [0.25, 0.3) is 0 Å². The highest BCUT2D eigenvalue weighted by Crippen LogP contribution is 2.30. The highest BCUT2D eigenvalue weighted by atomic mass is 16.5. The summed E-state index contributed by atoms with van der Waals surface area (Å²) in [6.45, 7) is 0. The van der Waals surface area contributed by atoms with Gasteiger partial charge in [0, 0.05) is 22.5 Å². The van der Waals surface area contributed by atoms with Crippen LogP contribution in [0.3, 0.4) is 0 Å². The molecule has 18 heavy (non-hydrogen) atoms. The van der Waals surface area contributed by atoms with Crippen LogP contribution >= 0.6 is 0 Å². The largest absolute Gasteiger partial charge is 0.497 e. The molecule has 92 valence electrons. The molecule has 0 aliphatic heterocycles. The molecule has 3 aromatic rings. The summed E-state index contributed by atoms with van der Waals surface area (Å²) >= 11 is 0. The average molecular weight is 242 g/mol. The van der Waals surface area contributed by atoms with Gasteiger partial charge >= 0.3 is 0 Å². The predicted molar refractivity (Wildman–Crippen MR) is 72.6 cm³/mol. The summed E-state index contributed by atoms with van der Waals surface area (Å²) in [5, 5.41) is 2.37. The maximum atomic E-state index is 5.28. The van der Waals surface area contributed by atoms with E-state index in [9.17, 15) is 0 Å². The first kappa shape index (κ1) is 11.0. The number of benzene rings is 1. The van der Waals surface area contributed by atoms with Crippen LogP contribution in [0.25, 0.3) is 21.8 Å². The Morgan fingerprint density at radius 2 is 2.00 bits per heavy atom. The maximum Gasteiger partial charge on any atom is 0.250 e. The summed E-state index contributed by atoms with van der Waals surface area (Å²) in [7, 11) is 5.84. The van der Waals surface area contributed by atoms with Crippen molar-refractivity contribution in [2.24, 2.45) is 0 Å². The molecule has 3 rings (SSSR count). The Hall–Kier alpha value is -2.07. The highest BCUT2D eigenvalue weighted by molar-refractivity contribution is 6.09. The molecule has 1 aromatic carbocycles. The maximum absolute atomic E-state index is 5.28. The summed E-state index contributed by atoms with van der Waals surface area (Å²) in [6.07, 6.45) is 1.86. The van der Waals surface area contributed by atoms with E-state index in [1.807, 2.05) is 24.4 Å². The Morgan fingerprint density at radius 3 is 2.72 bits per heavy atom. The van der Waals surface area contributed by atoms with Crippen molar-refractivity contribution in [1.29, 1.82) is 0 Å². The fourth-order valence-corrected chi connectivity index (χ4v) is 2.31. The number of methoxy groups -OCH3 is 1. The molecule has 0 bridgehead atoms. The fourth-order valence-electron chi connectivity index (χ4n) is 2.31. The summed E-state index contributed by atoms with van der Waals surface area (Å²) in [5.41, 5.74) is 2.21. The summed E-state index contributed by atoms with van der Waals surface area (Å²) in [5.74, 6) is 1.90. The second-order valence-corrected chi connectivity index (χ2v) is 4.62. The SMILES string of the molecule is COc1ccc2[nH]c3c([NH+](C)C)nccc3c2c1. The van der Waals surface area contributed by atoms with E-state index in [0.717, 1.165) is 22.6 Å². The minimum Gasteiger partial charge on any atom is -0.497 e. The standard InChI is InChI=1S/C14H15N3O/c1-17(2)14-13-10(6-7-15-14)11-8-9(18-3)4-5-12(11)16-13/h4-8,16H,1-3H3/p+1. The Kier molecular flexibility index (Phi) is 2.45. The second-order valence-electron chi connectivity index (χ2n) is 4.62. The normalized spacial score (nSPS) is 11.6. The third-order valence-corrected chi connectivity index (χ3v) is 3.20. The lowest BCUT2D eigenvalue weighted by Crippen LogP contribution is -3.00. The Labute approximate surface area is 105 Å². The topological polar surface area (TPSA) is 42.4 Å². The predicted octanol–water partition coefficient (Wildman–Crippen LogP) is 1.50. The molecule has 0 saturated heterocycles. The number of aromatic amines is 1. The minimum absolute atomic E-state index is 0.874. The molecule has 2 heterocycles. The number of aromatic nitrogens is 2. The molecule has 0 aliphatic carbocycles. The van der Waals surface area contributed by atoms with Crippen molar-refractivity contribution >= 4 is 27.6 Å². The van der Waals surface area contributed by atoms with E-state index in [1.54, 1.807) is 7.11 Å². The first-order valence-electron chi connectivity index (χ1n) is 5.95. The van der Waals surface area contributed by atoms with Gasteiger partial charge in [-0.1, -0.05) is 0 Å². The summed E-state index contributed by atoms with van der Waals surface area (Å²) in [4.78, 5) is 9.09. The molecule has 0 saturated carbocycles. The highest BCUT2D eigenvalue weighted by Gasteiger charge is 2.13. The van der Waals surface area contributed by atoms with Crippen LogP contribution in [0.2, 0.25) is 0 Å². The van der Waals surface area contributed by atoms with Crippen molar-refractivity contribution in [3.8, 4) is 5.75 Å². The van der Waals surface area contributed by atoms with E-state index in [2.05, 4.69) is 30.1 Å². The second kappa shape index (κ2) is 3.99. The third kappa shape index (κ3) is 1.54. The Balaban J connectivity index is 2.40. The number of nitrogens with one attached hydrogen (secondary N) is 2. The number of ether oxygens (including phenoxy) is 1. The zero-order valence-corrected chi connectivity index (χ0v) is 10.7. The van der Waals surface area contributed by atoms with Gasteiger partial charge < -0.3 is 9.72 Å². The lowest BCUT2D eigenvalue weighted by Gasteiger charge is -2.05. The number of quaternary nitrogens is 1.